The molecule has 1 aliphatic rings. The monoisotopic (exact) mass is 359 g/mol. The maximum absolute atomic E-state index is 11.4. The molecule has 0 spiro atoms. The first kappa shape index (κ1) is 18.1. The summed E-state index contributed by atoms with van der Waals surface area (Å²) in [5.41, 5.74) is 1.65. The van der Waals surface area contributed by atoms with Crippen LogP contribution >= 0.6 is 0 Å². The van der Waals surface area contributed by atoms with E-state index in [4.69, 9.17) is 0 Å². The fraction of sp³-hybridized carbons (Fsp3) is 0.588. The highest BCUT2D eigenvalue weighted by atomic mass is 16.6. The van der Waals surface area contributed by atoms with Crippen molar-refractivity contribution in [3.63, 3.8) is 0 Å². The molecule has 1 fully saturated rings. The number of hydrogen-bond acceptors (Lipinski definition) is 7. The van der Waals surface area contributed by atoms with E-state index in [1.54, 1.807) is 18.1 Å². The number of piperidine rings is 1. The van der Waals surface area contributed by atoms with E-state index in [-0.39, 0.29) is 16.7 Å². The molecule has 9 nitrogen and oxygen atoms in total. The maximum atomic E-state index is 11.4. The molecule has 0 radical (unpaired) electrons. The molecule has 0 bridgehead atoms. The third kappa shape index (κ3) is 3.61. The zero-order valence-electron chi connectivity index (χ0n) is 15.5. The Hall–Kier alpha value is -2.71. The number of aromatic nitrogens is 4. The minimum Gasteiger partial charge on any atom is -0.362 e. The molecule has 0 amide bonds. The van der Waals surface area contributed by atoms with Crippen molar-refractivity contribution >= 4 is 17.3 Å². The highest BCUT2D eigenvalue weighted by Gasteiger charge is 2.29. The molecule has 0 atom stereocenters. The summed E-state index contributed by atoms with van der Waals surface area (Å²) in [6.45, 7) is 5.66. The molecule has 0 unspecified atom stereocenters. The predicted molar refractivity (Wildman–Crippen MR) is 99.5 cm³/mol. The van der Waals surface area contributed by atoms with Crippen molar-refractivity contribution in [1.29, 1.82) is 0 Å². The van der Waals surface area contributed by atoms with E-state index in [0.717, 1.165) is 43.9 Å². The van der Waals surface area contributed by atoms with Crippen LogP contribution in [0.15, 0.2) is 12.4 Å². The van der Waals surface area contributed by atoms with Gasteiger partial charge in [-0.15, -0.1) is 0 Å². The van der Waals surface area contributed by atoms with Gasteiger partial charge in [0.15, 0.2) is 0 Å². The molecule has 3 rings (SSSR count). The van der Waals surface area contributed by atoms with Gasteiger partial charge in [-0.3, -0.25) is 10.1 Å². The number of aryl methyl sites for hydroxylation is 3. The van der Waals surface area contributed by atoms with Crippen LogP contribution in [0.2, 0.25) is 0 Å². The Balaban J connectivity index is 1.68. The molecule has 9 heteroatoms. The summed E-state index contributed by atoms with van der Waals surface area (Å²) < 4.78 is 1.58. The van der Waals surface area contributed by atoms with Crippen LogP contribution < -0.4 is 10.2 Å². The molecule has 0 saturated carbocycles. The Morgan fingerprint density at radius 1 is 1.27 bits per heavy atom. The SMILES string of the molecule is CCc1cc(N2CCC(Nc3c([N+](=O)[O-])c(CC)nn3C)CC2)ncn1. The highest BCUT2D eigenvalue weighted by molar-refractivity contribution is 5.60. The summed E-state index contributed by atoms with van der Waals surface area (Å²) in [7, 11) is 1.75. The third-order valence-electron chi connectivity index (χ3n) is 4.84. The van der Waals surface area contributed by atoms with Crippen LogP contribution in [-0.4, -0.2) is 43.8 Å². The van der Waals surface area contributed by atoms with Gasteiger partial charge in [0, 0.05) is 37.9 Å². The van der Waals surface area contributed by atoms with Gasteiger partial charge in [-0.2, -0.15) is 5.10 Å². The van der Waals surface area contributed by atoms with Gasteiger partial charge < -0.3 is 10.2 Å². The second-order valence-electron chi connectivity index (χ2n) is 6.50. The van der Waals surface area contributed by atoms with Crippen molar-refractivity contribution in [2.24, 2.45) is 7.05 Å². The quantitative estimate of drug-likeness (QED) is 0.624. The molecular weight excluding hydrogens is 334 g/mol. The lowest BCUT2D eigenvalue weighted by Gasteiger charge is -2.33. The molecule has 1 N–H and O–H groups in total. The van der Waals surface area contributed by atoms with Gasteiger partial charge in [0.05, 0.1) is 4.92 Å². The number of nitrogens with one attached hydrogen (secondary N) is 1. The summed E-state index contributed by atoms with van der Waals surface area (Å²) in [5, 5.41) is 19.1. The average molecular weight is 359 g/mol. The first-order chi connectivity index (χ1) is 12.5. The van der Waals surface area contributed by atoms with Gasteiger partial charge in [-0.1, -0.05) is 13.8 Å². The fourth-order valence-electron chi connectivity index (χ4n) is 3.36. The first-order valence-corrected chi connectivity index (χ1v) is 9.06. The molecule has 2 aromatic heterocycles. The second-order valence-corrected chi connectivity index (χ2v) is 6.50. The summed E-state index contributed by atoms with van der Waals surface area (Å²) in [6, 6.07) is 2.21. The van der Waals surface area contributed by atoms with Crippen LogP contribution in [0.5, 0.6) is 0 Å². The fourth-order valence-corrected chi connectivity index (χ4v) is 3.36. The number of hydrogen-bond donors (Lipinski definition) is 1. The van der Waals surface area contributed by atoms with Gasteiger partial charge >= 0.3 is 5.69 Å². The van der Waals surface area contributed by atoms with Crippen LogP contribution in [0.25, 0.3) is 0 Å². The van der Waals surface area contributed by atoms with E-state index in [0.29, 0.717) is 17.9 Å². The van der Waals surface area contributed by atoms with E-state index in [2.05, 4.69) is 32.2 Å². The molecular formula is C17H25N7O2. The van der Waals surface area contributed by atoms with Crippen LogP contribution in [0.3, 0.4) is 0 Å². The number of nitrogens with zero attached hydrogens (tertiary/aromatic N) is 6. The molecule has 26 heavy (non-hydrogen) atoms. The Bertz CT molecular complexity index is 781. The van der Waals surface area contributed by atoms with Crippen LogP contribution in [0.1, 0.15) is 38.1 Å². The topological polar surface area (TPSA) is 102 Å². The van der Waals surface area contributed by atoms with Crippen LogP contribution in [0, 0.1) is 10.1 Å². The Kier molecular flexibility index (Phi) is 5.34. The van der Waals surface area contributed by atoms with Crippen molar-refractivity contribution in [3.8, 4) is 0 Å². The van der Waals surface area contributed by atoms with Crippen molar-refractivity contribution < 1.29 is 4.92 Å². The second kappa shape index (κ2) is 7.67. The van der Waals surface area contributed by atoms with E-state index < -0.39 is 0 Å². The number of nitro groups is 1. The first-order valence-electron chi connectivity index (χ1n) is 9.06. The average Bonchev–Trinajstić information content (AvgIpc) is 2.98. The molecule has 0 aliphatic carbocycles. The lowest BCUT2D eigenvalue weighted by atomic mass is 10.0. The normalized spacial score (nSPS) is 15.3. The van der Waals surface area contributed by atoms with E-state index in [1.165, 1.54) is 0 Å². The number of rotatable bonds is 6. The summed E-state index contributed by atoms with van der Waals surface area (Å²) in [5.74, 6) is 1.45. The van der Waals surface area contributed by atoms with Gasteiger partial charge in [-0.05, 0) is 25.7 Å². The predicted octanol–water partition coefficient (Wildman–Crippen LogP) is 2.32. The largest absolute Gasteiger partial charge is 0.362 e. The zero-order chi connectivity index (χ0) is 18.7. The number of anilines is 2. The highest BCUT2D eigenvalue weighted by Crippen LogP contribution is 2.30. The van der Waals surface area contributed by atoms with Crippen molar-refractivity contribution in [2.75, 3.05) is 23.3 Å². The summed E-state index contributed by atoms with van der Waals surface area (Å²) in [6.07, 6.45) is 4.81. The smallest absolute Gasteiger partial charge is 0.333 e. The lowest BCUT2D eigenvalue weighted by molar-refractivity contribution is -0.384. The van der Waals surface area contributed by atoms with E-state index in [1.807, 2.05) is 13.0 Å². The van der Waals surface area contributed by atoms with Crippen LogP contribution in [-0.2, 0) is 19.9 Å². The van der Waals surface area contributed by atoms with Gasteiger partial charge in [0.2, 0.25) is 5.82 Å². The van der Waals surface area contributed by atoms with Crippen molar-refractivity contribution in [1.82, 2.24) is 19.7 Å². The molecule has 1 saturated heterocycles. The molecule has 3 heterocycles. The van der Waals surface area contributed by atoms with Crippen molar-refractivity contribution in [3.05, 3.63) is 33.9 Å². The standard InChI is InChI=1S/C17H25N7O2/c1-4-12-10-15(19-11-18-12)23-8-6-13(7-9-23)20-17-16(24(25)26)14(5-2)21-22(17)3/h10-11,13,20H,4-9H2,1-3H3. The lowest BCUT2D eigenvalue weighted by Crippen LogP contribution is -2.40. The maximum Gasteiger partial charge on any atom is 0.333 e. The molecule has 2 aromatic rings. The third-order valence-corrected chi connectivity index (χ3v) is 4.84. The molecule has 140 valence electrons. The molecule has 1 aliphatic heterocycles. The zero-order valence-corrected chi connectivity index (χ0v) is 15.5. The summed E-state index contributed by atoms with van der Waals surface area (Å²) in [4.78, 5) is 22.0. The van der Waals surface area contributed by atoms with Crippen LogP contribution in [0.4, 0.5) is 17.3 Å². The van der Waals surface area contributed by atoms with E-state index >= 15 is 0 Å². The van der Waals surface area contributed by atoms with Crippen molar-refractivity contribution in [2.45, 2.75) is 45.6 Å². The van der Waals surface area contributed by atoms with Gasteiger partial charge in [0.25, 0.3) is 0 Å². The summed E-state index contributed by atoms with van der Waals surface area (Å²) >= 11 is 0. The Morgan fingerprint density at radius 2 is 2.00 bits per heavy atom. The van der Waals surface area contributed by atoms with E-state index in [9.17, 15) is 10.1 Å². The molecule has 0 aromatic carbocycles. The van der Waals surface area contributed by atoms with Gasteiger partial charge in [0.1, 0.15) is 17.8 Å². The minimum absolute atomic E-state index is 0.0980. The Labute approximate surface area is 152 Å². The Morgan fingerprint density at radius 3 is 2.62 bits per heavy atom. The minimum atomic E-state index is -0.337. The van der Waals surface area contributed by atoms with Gasteiger partial charge in [-0.25, -0.2) is 14.6 Å².